The summed E-state index contributed by atoms with van der Waals surface area (Å²) >= 11 is 0. The highest BCUT2D eigenvalue weighted by Gasteiger charge is 2.41. The monoisotopic (exact) mass is 197 g/mol. The van der Waals surface area contributed by atoms with Crippen LogP contribution in [0.4, 0.5) is 13.2 Å². The standard InChI is InChI=1S/C8H14F3NO/c1-13-5-6-2-3-7(12-4-6)8(9,10)11/h6-7,12H,2-5H2,1H3/t6-,7-/m0/s1. The molecule has 0 radical (unpaired) electrons. The third-order valence-electron chi connectivity index (χ3n) is 2.31. The first kappa shape index (κ1) is 10.8. The molecule has 5 heteroatoms. The third-order valence-corrected chi connectivity index (χ3v) is 2.31. The highest BCUT2D eigenvalue weighted by molar-refractivity contribution is 4.82. The lowest BCUT2D eigenvalue weighted by molar-refractivity contribution is -0.162. The quantitative estimate of drug-likeness (QED) is 0.725. The average molecular weight is 197 g/mol. The molecule has 1 fully saturated rings. The Morgan fingerprint density at radius 3 is 2.46 bits per heavy atom. The maximum atomic E-state index is 12.2. The lowest BCUT2D eigenvalue weighted by Gasteiger charge is -2.30. The van der Waals surface area contributed by atoms with Crippen LogP contribution in [0.25, 0.3) is 0 Å². The maximum Gasteiger partial charge on any atom is 0.403 e. The fourth-order valence-electron chi connectivity index (χ4n) is 1.57. The SMILES string of the molecule is COC[C@H]1CC[C@@H](C(F)(F)F)NC1. The Morgan fingerprint density at radius 1 is 1.38 bits per heavy atom. The van der Waals surface area contributed by atoms with Crippen LogP contribution in [-0.4, -0.2) is 32.5 Å². The van der Waals surface area contributed by atoms with E-state index in [9.17, 15) is 13.2 Å². The zero-order valence-corrected chi connectivity index (χ0v) is 7.53. The van der Waals surface area contributed by atoms with Crippen LogP contribution in [0.3, 0.4) is 0 Å². The predicted molar refractivity (Wildman–Crippen MR) is 42.4 cm³/mol. The molecule has 0 amide bonds. The van der Waals surface area contributed by atoms with Crippen LogP contribution >= 0.6 is 0 Å². The van der Waals surface area contributed by atoms with E-state index in [1.807, 2.05) is 0 Å². The van der Waals surface area contributed by atoms with Gasteiger partial charge in [-0.25, -0.2) is 0 Å². The summed E-state index contributed by atoms with van der Waals surface area (Å²) in [5.74, 6) is 0.226. The van der Waals surface area contributed by atoms with Gasteiger partial charge < -0.3 is 10.1 Å². The summed E-state index contributed by atoms with van der Waals surface area (Å²) in [6, 6.07) is -1.32. The minimum absolute atomic E-state index is 0.164. The second-order valence-electron chi connectivity index (χ2n) is 3.40. The summed E-state index contributed by atoms with van der Waals surface area (Å²) in [5, 5.41) is 2.49. The molecule has 0 bridgehead atoms. The van der Waals surface area contributed by atoms with E-state index in [0.29, 0.717) is 19.6 Å². The van der Waals surface area contributed by atoms with Crippen LogP contribution < -0.4 is 5.32 Å². The summed E-state index contributed by atoms with van der Waals surface area (Å²) in [4.78, 5) is 0. The fraction of sp³-hybridized carbons (Fsp3) is 1.00. The van der Waals surface area contributed by atoms with Gasteiger partial charge >= 0.3 is 6.18 Å². The van der Waals surface area contributed by atoms with Crippen LogP contribution in [0.15, 0.2) is 0 Å². The van der Waals surface area contributed by atoms with E-state index in [-0.39, 0.29) is 12.3 Å². The lowest BCUT2D eigenvalue weighted by Crippen LogP contribution is -2.48. The molecule has 2 atom stereocenters. The number of ether oxygens (including phenoxy) is 1. The van der Waals surface area contributed by atoms with Crippen molar-refractivity contribution in [3.8, 4) is 0 Å². The zero-order valence-electron chi connectivity index (χ0n) is 7.53. The Morgan fingerprint density at radius 2 is 2.08 bits per heavy atom. The molecule has 0 aliphatic carbocycles. The van der Waals surface area contributed by atoms with Crippen molar-refractivity contribution < 1.29 is 17.9 Å². The van der Waals surface area contributed by atoms with E-state index >= 15 is 0 Å². The summed E-state index contributed by atoms with van der Waals surface area (Å²) in [6.45, 7) is 0.940. The van der Waals surface area contributed by atoms with Crippen molar-refractivity contribution in [1.82, 2.24) is 5.32 Å². The van der Waals surface area contributed by atoms with Crippen LogP contribution in [0.2, 0.25) is 0 Å². The number of alkyl halides is 3. The molecule has 1 saturated heterocycles. The molecular formula is C8H14F3NO. The Hall–Kier alpha value is -0.290. The highest BCUT2D eigenvalue weighted by Crippen LogP contribution is 2.27. The highest BCUT2D eigenvalue weighted by atomic mass is 19.4. The maximum absolute atomic E-state index is 12.2. The van der Waals surface area contributed by atoms with Gasteiger partial charge in [0, 0.05) is 13.7 Å². The first-order chi connectivity index (χ1) is 6.04. The van der Waals surface area contributed by atoms with E-state index in [0.717, 1.165) is 0 Å². The lowest BCUT2D eigenvalue weighted by atomic mass is 9.95. The fourth-order valence-corrected chi connectivity index (χ4v) is 1.57. The minimum atomic E-state index is -4.10. The molecule has 78 valence electrons. The van der Waals surface area contributed by atoms with Crippen molar-refractivity contribution in [1.29, 1.82) is 0 Å². The summed E-state index contributed by atoms with van der Waals surface area (Å²) in [7, 11) is 1.57. The number of hydrogen-bond acceptors (Lipinski definition) is 2. The molecule has 2 nitrogen and oxygen atoms in total. The first-order valence-electron chi connectivity index (χ1n) is 4.33. The molecule has 0 unspecified atom stereocenters. The smallest absolute Gasteiger partial charge is 0.384 e. The average Bonchev–Trinajstić information content (AvgIpc) is 2.04. The third kappa shape index (κ3) is 3.15. The molecule has 1 aliphatic heterocycles. The molecule has 0 spiro atoms. The van der Waals surface area contributed by atoms with Crippen molar-refractivity contribution in [2.75, 3.05) is 20.3 Å². The molecular weight excluding hydrogens is 183 g/mol. The summed E-state index contributed by atoms with van der Waals surface area (Å²) < 4.78 is 41.4. The van der Waals surface area contributed by atoms with E-state index < -0.39 is 12.2 Å². The van der Waals surface area contributed by atoms with E-state index in [1.165, 1.54) is 0 Å². The van der Waals surface area contributed by atoms with E-state index in [2.05, 4.69) is 5.32 Å². The topological polar surface area (TPSA) is 21.3 Å². The second kappa shape index (κ2) is 4.28. The zero-order chi connectivity index (χ0) is 9.90. The Labute approximate surface area is 75.4 Å². The van der Waals surface area contributed by atoms with Gasteiger partial charge in [-0.2, -0.15) is 13.2 Å². The summed E-state index contributed by atoms with van der Waals surface area (Å²) in [6.07, 6.45) is -3.35. The summed E-state index contributed by atoms with van der Waals surface area (Å²) in [5.41, 5.74) is 0. The molecule has 1 heterocycles. The van der Waals surface area contributed by atoms with Gasteiger partial charge in [-0.15, -0.1) is 0 Å². The van der Waals surface area contributed by atoms with Gasteiger partial charge in [0.05, 0.1) is 6.61 Å². The largest absolute Gasteiger partial charge is 0.403 e. The number of rotatable bonds is 2. The molecule has 0 aromatic rings. The molecule has 0 aromatic carbocycles. The van der Waals surface area contributed by atoms with Gasteiger partial charge in [-0.3, -0.25) is 0 Å². The van der Waals surface area contributed by atoms with Crippen LogP contribution in [0.1, 0.15) is 12.8 Å². The van der Waals surface area contributed by atoms with Gasteiger partial charge in [0.1, 0.15) is 6.04 Å². The number of hydrogen-bond donors (Lipinski definition) is 1. The molecule has 13 heavy (non-hydrogen) atoms. The molecule has 1 rings (SSSR count). The van der Waals surface area contributed by atoms with Gasteiger partial charge in [0.25, 0.3) is 0 Å². The van der Waals surface area contributed by atoms with Gasteiger partial charge in [0.15, 0.2) is 0 Å². The van der Waals surface area contributed by atoms with Crippen molar-refractivity contribution in [2.24, 2.45) is 5.92 Å². The van der Waals surface area contributed by atoms with Gasteiger partial charge in [0.2, 0.25) is 0 Å². The van der Waals surface area contributed by atoms with Crippen LogP contribution in [0, 0.1) is 5.92 Å². The Bertz CT molecular complexity index is 152. The van der Waals surface area contributed by atoms with Gasteiger partial charge in [-0.1, -0.05) is 0 Å². The minimum Gasteiger partial charge on any atom is -0.384 e. The van der Waals surface area contributed by atoms with Crippen molar-refractivity contribution in [3.63, 3.8) is 0 Å². The number of piperidine rings is 1. The number of methoxy groups -OCH3 is 1. The van der Waals surface area contributed by atoms with E-state index in [4.69, 9.17) is 4.74 Å². The van der Waals surface area contributed by atoms with Crippen LogP contribution in [-0.2, 0) is 4.74 Å². The van der Waals surface area contributed by atoms with Gasteiger partial charge in [-0.05, 0) is 18.8 Å². The van der Waals surface area contributed by atoms with E-state index in [1.54, 1.807) is 7.11 Å². The number of halogens is 3. The second-order valence-corrected chi connectivity index (χ2v) is 3.40. The van der Waals surface area contributed by atoms with Crippen molar-refractivity contribution >= 4 is 0 Å². The Balaban J connectivity index is 2.30. The Kier molecular flexibility index (Phi) is 3.55. The van der Waals surface area contributed by atoms with Crippen LogP contribution in [0.5, 0.6) is 0 Å². The number of nitrogens with one attached hydrogen (secondary N) is 1. The van der Waals surface area contributed by atoms with Crippen molar-refractivity contribution in [2.45, 2.75) is 25.1 Å². The predicted octanol–water partition coefficient (Wildman–Crippen LogP) is 1.56. The first-order valence-corrected chi connectivity index (χ1v) is 4.33. The normalized spacial score (nSPS) is 30.5. The molecule has 1 aliphatic rings. The molecule has 0 saturated carbocycles. The molecule has 0 aromatic heterocycles. The molecule has 1 N–H and O–H groups in total. The van der Waals surface area contributed by atoms with Crippen molar-refractivity contribution in [3.05, 3.63) is 0 Å².